The van der Waals surface area contributed by atoms with Gasteiger partial charge in [-0.25, -0.2) is 0 Å². The van der Waals surface area contributed by atoms with Crippen LogP contribution in [0.4, 0.5) is 5.88 Å². The summed E-state index contributed by atoms with van der Waals surface area (Å²) in [5.74, 6) is 0.982. The molecule has 78 valence electrons. The molecular formula is C10H9ClN2O2. The second kappa shape index (κ2) is 3.82. The molecule has 0 amide bonds. The summed E-state index contributed by atoms with van der Waals surface area (Å²) in [5.41, 5.74) is 7.06. The summed E-state index contributed by atoms with van der Waals surface area (Å²) >= 11 is 5.84. The van der Waals surface area contributed by atoms with Gasteiger partial charge in [0.25, 0.3) is 0 Å². The third-order valence-electron chi connectivity index (χ3n) is 2.06. The molecule has 0 aliphatic carbocycles. The summed E-state index contributed by atoms with van der Waals surface area (Å²) in [7, 11) is 1.61. The van der Waals surface area contributed by atoms with Gasteiger partial charge in [0, 0.05) is 0 Å². The first-order valence-corrected chi connectivity index (χ1v) is 4.65. The van der Waals surface area contributed by atoms with E-state index < -0.39 is 0 Å². The van der Waals surface area contributed by atoms with E-state index in [4.69, 9.17) is 26.6 Å². The molecule has 0 atom stereocenters. The predicted molar refractivity (Wildman–Crippen MR) is 57.9 cm³/mol. The van der Waals surface area contributed by atoms with Gasteiger partial charge in [0.15, 0.2) is 5.15 Å². The van der Waals surface area contributed by atoms with E-state index in [2.05, 4.69) is 5.16 Å². The molecule has 5 heteroatoms. The summed E-state index contributed by atoms with van der Waals surface area (Å²) in [4.78, 5) is 0. The van der Waals surface area contributed by atoms with Crippen molar-refractivity contribution in [2.75, 3.05) is 12.8 Å². The van der Waals surface area contributed by atoms with Gasteiger partial charge in [-0.15, -0.1) is 0 Å². The third-order valence-corrected chi connectivity index (χ3v) is 2.31. The molecule has 0 radical (unpaired) electrons. The summed E-state index contributed by atoms with van der Waals surface area (Å²) in [6.45, 7) is 0. The number of aromatic nitrogens is 1. The van der Waals surface area contributed by atoms with E-state index in [1.165, 1.54) is 0 Å². The lowest BCUT2D eigenvalue weighted by Crippen LogP contribution is -1.86. The standard InChI is InChI=1S/C10H9ClN2O2/c1-14-7-4-2-6(3-5-7)8-9(11)13-15-10(8)12/h2-5H,12H2,1H3. The Labute approximate surface area is 91.6 Å². The minimum Gasteiger partial charge on any atom is -0.497 e. The van der Waals surface area contributed by atoms with E-state index in [1.54, 1.807) is 7.11 Å². The van der Waals surface area contributed by atoms with Crippen LogP contribution in [0.3, 0.4) is 0 Å². The normalized spacial score (nSPS) is 10.3. The maximum absolute atomic E-state index is 5.84. The van der Waals surface area contributed by atoms with Crippen LogP contribution < -0.4 is 10.5 Å². The zero-order valence-corrected chi connectivity index (χ0v) is 8.78. The van der Waals surface area contributed by atoms with E-state index in [0.717, 1.165) is 11.3 Å². The van der Waals surface area contributed by atoms with Crippen molar-refractivity contribution < 1.29 is 9.26 Å². The maximum Gasteiger partial charge on any atom is 0.231 e. The van der Waals surface area contributed by atoms with Crippen molar-refractivity contribution in [2.24, 2.45) is 0 Å². The van der Waals surface area contributed by atoms with Crippen molar-refractivity contribution in [3.8, 4) is 16.9 Å². The van der Waals surface area contributed by atoms with Gasteiger partial charge in [0.1, 0.15) is 5.75 Å². The van der Waals surface area contributed by atoms with Gasteiger partial charge in [-0.05, 0) is 17.7 Å². The second-order valence-electron chi connectivity index (χ2n) is 2.94. The molecule has 0 spiro atoms. The first-order valence-electron chi connectivity index (χ1n) is 4.27. The molecule has 0 saturated heterocycles. The van der Waals surface area contributed by atoms with Gasteiger partial charge in [-0.1, -0.05) is 28.9 Å². The average Bonchev–Trinajstić information content (AvgIpc) is 2.59. The Morgan fingerprint density at radius 1 is 1.33 bits per heavy atom. The largest absolute Gasteiger partial charge is 0.497 e. The predicted octanol–water partition coefficient (Wildman–Crippen LogP) is 2.59. The Kier molecular flexibility index (Phi) is 2.51. The highest BCUT2D eigenvalue weighted by molar-refractivity contribution is 6.32. The highest BCUT2D eigenvalue weighted by Gasteiger charge is 2.13. The van der Waals surface area contributed by atoms with E-state index >= 15 is 0 Å². The molecule has 0 unspecified atom stereocenters. The van der Waals surface area contributed by atoms with Crippen molar-refractivity contribution >= 4 is 17.5 Å². The van der Waals surface area contributed by atoms with Crippen LogP contribution in [0.2, 0.25) is 5.15 Å². The Hall–Kier alpha value is -1.68. The topological polar surface area (TPSA) is 61.3 Å². The molecule has 1 heterocycles. The van der Waals surface area contributed by atoms with Crippen molar-refractivity contribution in [1.82, 2.24) is 5.16 Å². The number of ether oxygens (including phenoxy) is 1. The van der Waals surface area contributed by atoms with Gasteiger partial charge in [-0.3, -0.25) is 0 Å². The van der Waals surface area contributed by atoms with E-state index in [9.17, 15) is 0 Å². The van der Waals surface area contributed by atoms with Crippen LogP contribution in [0.15, 0.2) is 28.8 Å². The molecule has 0 aliphatic heterocycles. The van der Waals surface area contributed by atoms with Crippen LogP contribution in [0.25, 0.3) is 11.1 Å². The van der Waals surface area contributed by atoms with Gasteiger partial charge in [0.05, 0.1) is 12.7 Å². The number of benzene rings is 1. The molecule has 0 saturated carbocycles. The minimum absolute atomic E-state index is 0.213. The van der Waals surface area contributed by atoms with E-state index in [0.29, 0.717) is 5.56 Å². The van der Waals surface area contributed by atoms with Crippen molar-refractivity contribution in [1.29, 1.82) is 0 Å². The van der Waals surface area contributed by atoms with Crippen molar-refractivity contribution in [3.63, 3.8) is 0 Å². The van der Waals surface area contributed by atoms with Gasteiger partial charge in [-0.2, -0.15) is 0 Å². The fourth-order valence-electron chi connectivity index (χ4n) is 1.30. The lowest BCUT2D eigenvalue weighted by atomic mass is 10.1. The monoisotopic (exact) mass is 224 g/mol. The molecule has 0 aliphatic rings. The fourth-order valence-corrected chi connectivity index (χ4v) is 1.54. The van der Waals surface area contributed by atoms with E-state index in [-0.39, 0.29) is 11.0 Å². The zero-order valence-electron chi connectivity index (χ0n) is 8.03. The molecular weight excluding hydrogens is 216 g/mol. The highest BCUT2D eigenvalue weighted by atomic mass is 35.5. The number of nitrogen functional groups attached to an aromatic ring is 1. The number of hydrogen-bond acceptors (Lipinski definition) is 4. The second-order valence-corrected chi connectivity index (χ2v) is 3.30. The van der Waals surface area contributed by atoms with Crippen LogP contribution in [0, 0.1) is 0 Å². The maximum atomic E-state index is 5.84. The lowest BCUT2D eigenvalue weighted by molar-refractivity contribution is 0.415. The summed E-state index contributed by atoms with van der Waals surface area (Å²) < 4.78 is 9.81. The Morgan fingerprint density at radius 3 is 2.47 bits per heavy atom. The number of halogens is 1. The van der Waals surface area contributed by atoms with E-state index in [1.807, 2.05) is 24.3 Å². The molecule has 2 aromatic rings. The number of rotatable bonds is 2. The molecule has 0 fully saturated rings. The Bertz CT molecular complexity index is 445. The molecule has 1 aromatic heterocycles. The van der Waals surface area contributed by atoms with Crippen LogP contribution in [-0.2, 0) is 0 Å². The average molecular weight is 225 g/mol. The summed E-state index contributed by atoms with van der Waals surface area (Å²) in [6.07, 6.45) is 0. The molecule has 0 bridgehead atoms. The SMILES string of the molecule is COc1ccc(-c2c(Cl)noc2N)cc1. The molecule has 2 rings (SSSR count). The number of nitrogens with zero attached hydrogens (tertiary/aromatic N) is 1. The quantitative estimate of drug-likeness (QED) is 0.852. The zero-order chi connectivity index (χ0) is 10.8. The first-order chi connectivity index (χ1) is 7.22. The minimum atomic E-state index is 0.213. The van der Waals surface area contributed by atoms with Crippen LogP contribution in [0.5, 0.6) is 5.75 Å². The van der Waals surface area contributed by atoms with Crippen LogP contribution >= 0.6 is 11.6 Å². The van der Waals surface area contributed by atoms with Gasteiger partial charge in [0.2, 0.25) is 5.88 Å². The number of hydrogen-bond donors (Lipinski definition) is 1. The first kappa shape index (κ1) is 9.86. The number of methoxy groups -OCH3 is 1. The van der Waals surface area contributed by atoms with Crippen LogP contribution in [0.1, 0.15) is 0 Å². The third kappa shape index (κ3) is 1.76. The molecule has 1 aromatic carbocycles. The molecule has 15 heavy (non-hydrogen) atoms. The smallest absolute Gasteiger partial charge is 0.231 e. The highest BCUT2D eigenvalue weighted by Crippen LogP contribution is 2.33. The Morgan fingerprint density at radius 2 is 2.00 bits per heavy atom. The van der Waals surface area contributed by atoms with Crippen molar-refractivity contribution in [3.05, 3.63) is 29.4 Å². The van der Waals surface area contributed by atoms with Crippen LogP contribution in [-0.4, -0.2) is 12.3 Å². The Balaban J connectivity index is 2.45. The molecule has 2 N–H and O–H groups in total. The fraction of sp³-hybridized carbons (Fsp3) is 0.100. The molecule has 4 nitrogen and oxygen atoms in total. The summed E-state index contributed by atoms with van der Waals surface area (Å²) in [5, 5.41) is 3.83. The number of nitrogens with two attached hydrogens (primary N) is 1. The van der Waals surface area contributed by atoms with Gasteiger partial charge < -0.3 is 15.0 Å². The van der Waals surface area contributed by atoms with Gasteiger partial charge >= 0.3 is 0 Å². The van der Waals surface area contributed by atoms with Crippen molar-refractivity contribution in [2.45, 2.75) is 0 Å². The lowest BCUT2D eigenvalue weighted by Gasteiger charge is -2.01. The summed E-state index contributed by atoms with van der Waals surface area (Å²) in [6, 6.07) is 7.32. The number of anilines is 1.